The van der Waals surface area contributed by atoms with Gasteiger partial charge < -0.3 is 9.47 Å². The summed E-state index contributed by atoms with van der Waals surface area (Å²) in [4.78, 5) is 12.0. The summed E-state index contributed by atoms with van der Waals surface area (Å²) in [5.74, 6) is 0.897. The van der Waals surface area contributed by atoms with Gasteiger partial charge in [-0.3, -0.25) is 4.79 Å². The first-order valence-corrected chi connectivity index (χ1v) is 6.72. The second kappa shape index (κ2) is 6.60. The molecule has 0 saturated carbocycles. The van der Waals surface area contributed by atoms with Crippen LogP contribution < -0.4 is 4.74 Å². The van der Waals surface area contributed by atoms with E-state index in [1.165, 1.54) is 0 Å². The Hall–Kier alpha value is -1.51. The zero-order chi connectivity index (χ0) is 14.5. The summed E-state index contributed by atoms with van der Waals surface area (Å²) in [6, 6.07) is 7.92. The van der Waals surface area contributed by atoms with Gasteiger partial charge in [-0.2, -0.15) is 0 Å². The van der Waals surface area contributed by atoms with E-state index in [1.807, 2.05) is 45.0 Å². The van der Waals surface area contributed by atoms with E-state index in [4.69, 9.17) is 9.47 Å². The molecule has 0 aliphatic heterocycles. The third-order valence-electron chi connectivity index (χ3n) is 3.75. The van der Waals surface area contributed by atoms with Crippen LogP contribution in [0.3, 0.4) is 0 Å². The Morgan fingerprint density at radius 1 is 1.32 bits per heavy atom. The second-order valence-electron chi connectivity index (χ2n) is 5.36. The van der Waals surface area contributed by atoms with Gasteiger partial charge in [0.15, 0.2) is 0 Å². The number of esters is 1. The quantitative estimate of drug-likeness (QED) is 0.738. The lowest BCUT2D eigenvalue weighted by molar-refractivity contribution is -0.156. The third-order valence-corrected chi connectivity index (χ3v) is 3.75. The minimum absolute atomic E-state index is 0.141. The van der Waals surface area contributed by atoms with E-state index in [0.29, 0.717) is 6.61 Å². The Kier molecular flexibility index (Phi) is 5.40. The monoisotopic (exact) mass is 264 g/mol. The first-order chi connectivity index (χ1) is 8.93. The molecule has 0 spiro atoms. The van der Waals surface area contributed by atoms with Gasteiger partial charge in [-0.1, -0.05) is 25.1 Å². The summed E-state index contributed by atoms with van der Waals surface area (Å²) >= 11 is 0. The lowest BCUT2D eigenvalue weighted by Gasteiger charge is -2.29. The molecular formula is C16H24O3. The standard InChI is InChI=1S/C16H24O3/c1-6-19-15(17)16(3,4)12(2)11-13-9-7-8-10-14(13)18-5/h7-10,12H,6,11H2,1-5H3. The van der Waals surface area contributed by atoms with Crippen molar-refractivity contribution in [2.45, 2.75) is 34.1 Å². The number of methoxy groups -OCH3 is 1. The van der Waals surface area contributed by atoms with Gasteiger partial charge in [-0.25, -0.2) is 0 Å². The van der Waals surface area contributed by atoms with Gasteiger partial charge in [0.25, 0.3) is 0 Å². The third kappa shape index (κ3) is 3.72. The SMILES string of the molecule is CCOC(=O)C(C)(C)C(C)Cc1ccccc1OC. The first kappa shape index (κ1) is 15.5. The smallest absolute Gasteiger partial charge is 0.311 e. The molecule has 1 aromatic rings. The van der Waals surface area contributed by atoms with Gasteiger partial charge in [0, 0.05) is 0 Å². The van der Waals surface area contributed by atoms with Crippen molar-refractivity contribution in [1.82, 2.24) is 0 Å². The van der Waals surface area contributed by atoms with Crippen LogP contribution in [0.2, 0.25) is 0 Å². The maximum absolute atomic E-state index is 12.0. The maximum atomic E-state index is 12.0. The number of rotatable bonds is 6. The molecule has 19 heavy (non-hydrogen) atoms. The number of ether oxygens (including phenoxy) is 2. The Labute approximate surface area is 115 Å². The normalized spacial score (nSPS) is 12.9. The van der Waals surface area contributed by atoms with Crippen LogP contribution >= 0.6 is 0 Å². The fourth-order valence-corrected chi connectivity index (χ4v) is 1.97. The van der Waals surface area contributed by atoms with Crippen molar-refractivity contribution in [3.8, 4) is 5.75 Å². The van der Waals surface area contributed by atoms with Gasteiger partial charge in [-0.15, -0.1) is 0 Å². The zero-order valence-corrected chi connectivity index (χ0v) is 12.5. The molecule has 0 aromatic heterocycles. The van der Waals surface area contributed by atoms with Crippen LogP contribution in [-0.2, 0) is 16.0 Å². The Bertz CT molecular complexity index is 424. The second-order valence-corrected chi connectivity index (χ2v) is 5.36. The predicted octanol–water partition coefficient (Wildman–Crippen LogP) is 3.46. The predicted molar refractivity (Wildman–Crippen MR) is 76.3 cm³/mol. The molecule has 0 aliphatic rings. The maximum Gasteiger partial charge on any atom is 0.311 e. The van der Waals surface area contributed by atoms with Crippen molar-refractivity contribution in [3.63, 3.8) is 0 Å². The molecule has 0 heterocycles. The molecule has 0 amide bonds. The van der Waals surface area contributed by atoms with Crippen molar-refractivity contribution in [1.29, 1.82) is 0 Å². The fourth-order valence-electron chi connectivity index (χ4n) is 1.97. The molecule has 1 unspecified atom stereocenters. The van der Waals surface area contributed by atoms with Crippen LogP contribution in [0.5, 0.6) is 5.75 Å². The lowest BCUT2D eigenvalue weighted by atomic mass is 9.76. The minimum Gasteiger partial charge on any atom is -0.496 e. The van der Waals surface area contributed by atoms with E-state index >= 15 is 0 Å². The van der Waals surface area contributed by atoms with Gasteiger partial charge in [0.05, 0.1) is 19.1 Å². The Morgan fingerprint density at radius 2 is 1.95 bits per heavy atom. The van der Waals surface area contributed by atoms with Crippen molar-refractivity contribution >= 4 is 5.97 Å². The van der Waals surface area contributed by atoms with Gasteiger partial charge in [-0.05, 0) is 44.7 Å². The molecule has 0 bridgehead atoms. The van der Waals surface area contributed by atoms with E-state index in [2.05, 4.69) is 6.92 Å². The average molecular weight is 264 g/mol. The number of benzene rings is 1. The van der Waals surface area contributed by atoms with Crippen molar-refractivity contribution in [3.05, 3.63) is 29.8 Å². The van der Waals surface area contributed by atoms with Crippen LogP contribution in [-0.4, -0.2) is 19.7 Å². The lowest BCUT2D eigenvalue weighted by Crippen LogP contribution is -2.34. The molecule has 0 N–H and O–H groups in total. The fraction of sp³-hybridized carbons (Fsp3) is 0.562. The highest BCUT2D eigenvalue weighted by atomic mass is 16.5. The highest BCUT2D eigenvalue weighted by Crippen LogP contribution is 2.33. The Morgan fingerprint density at radius 3 is 2.53 bits per heavy atom. The van der Waals surface area contributed by atoms with E-state index in [-0.39, 0.29) is 11.9 Å². The number of hydrogen-bond acceptors (Lipinski definition) is 3. The van der Waals surface area contributed by atoms with E-state index in [9.17, 15) is 4.79 Å². The van der Waals surface area contributed by atoms with Crippen molar-refractivity contribution in [2.24, 2.45) is 11.3 Å². The highest BCUT2D eigenvalue weighted by Gasteiger charge is 2.35. The number of hydrogen-bond donors (Lipinski definition) is 0. The number of para-hydroxylation sites is 1. The van der Waals surface area contributed by atoms with Crippen LogP contribution in [0.4, 0.5) is 0 Å². The minimum atomic E-state index is -0.503. The number of carbonyl (C=O) groups excluding carboxylic acids is 1. The molecular weight excluding hydrogens is 240 g/mol. The summed E-state index contributed by atoms with van der Waals surface area (Å²) in [5.41, 5.74) is 0.617. The molecule has 0 aliphatic carbocycles. The van der Waals surface area contributed by atoms with E-state index < -0.39 is 5.41 Å². The Balaban J connectivity index is 2.83. The summed E-state index contributed by atoms with van der Waals surface area (Å²) in [5, 5.41) is 0. The summed E-state index contributed by atoms with van der Waals surface area (Å²) in [6.45, 7) is 8.20. The summed E-state index contributed by atoms with van der Waals surface area (Å²) in [6.07, 6.45) is 0.788. The summed E-state index contributed by atoms with van der Waals surface area (Å²) < 4.78 is 10.5. The molecule has 1 atom stereocenters. The van der Waals surface area contributed by atoms with Crippen LogP contribution in [0.15, 0.2) is 24.3 Å². The van der Waals surface area contributed by atoms with Crippen molar-refractivity contribution in [2.75, 3.05) is 13.7 Å². The van der Waals surface area contributed by atoms with Gasteiger partial charge >= 0.3 is 5.97 Å². The highest BCUT2D eigenvalue weighted by molar-refractivity contribution is 5.76. The molecule has 0 saturated heterocycles. The zero-order valence-electron chi connectivity index (χ0n) is 12.5. The number of carbonyl (C=O) groups is 1. The first-order valence-electron chi connectivity index (χ1n) is 6.72. The van der Waals surface area contributed by atoms with Crippen molar-refractivity contribution < 1.29 is 14.3 Å². The van der Waals surface area contributed by atoms with Crippen LogP contribution in [0, 0.1) is 11.3 Å². The van der Waals surface area contributed by atoms with Crippen LogP contribution in [0.1, 0.15) is 33.3 Å². The molecule has 0 fully saturated rings. The van der Waals surface area contributed by atoms with Crippen LogP contribution in [0.25, 0.3) is 0 Å². The molecule has 1 aromatic carbocycles. The molecule has 3 heteroatoms. The van der Waals surface area contributed by atoms with Gasteiger partial charge in [0.2, 0.25) is 0 Å². The largest absolute Gasteiger partial charge is 0.496 e. The van der Waals surface area contributed by atoms with E-state index in [0.717, 1.165) is 17.7 Å². The molecule has 3 nitrogen and oxygen atoms in total. The van der Waals surface area contributed by atoms with Gasteiger partial charge in [0.1, 0.15) is 5.75 Å². The average Bonchev–Trinajstić information content (AvgIpc) is 2.39. The van der Waals surface area contributed by atoms with E-state index in [1.54, 1.807) is 7.11 Å². The molecule has 106 valence electrons. The summed E-state index contributed by atoms with van der Waals surface area (Å²) in [7, 11) is 1.67. The topological polar surface area (TPSA) is 35.5 Å². The molecule has 0 radical (unpaired) electrons. The molecule has 1 rings (SSSR count).